The molecule has 0 saturated heterocycles. The van der Waals surface area contributed by atoms with Crippen LogP contribution in [0.15, 0.2) is 83.9 Å². The predicted molar refractivity (Wildman–Crippen MR) is 153 cm³/mol. The SMILES string of the molecule is CCOC(=O)COc1c(Br)cc(Cl)cc1C=Nn1c(-c2cc3cc(Br)ccc3o2)nc2ccccc2c1=O. The Balaban J connectivity index is 1.64. The predicted octanol–water partition coefficient (Wildman–Crippen LogP) is 6.81. The van der Waals surface area contributed by atoms with Gasteiger partial charge in [0.25, 0.3) is 5.56 Å². The number of nitrogens with zero attached hydrogens (tertiary/aromatic N) is 3. The number of benzene rings is 3. The van der Waals surface area contributed by atoms with Crippen LogP contribution < -0.4 is 10.3 Å². The van der Waals surface area contributed by atoms with Gasteiger partial charge in [-0.2, -0.15) is 9.78 Å². The van der Waals surface area contributed by atoms with Crippen LogP contribution in [0.5, 0.6) is 5.75 Å². The number of rotatable bonds is 7. The van der Waals surface area contributed by atoms with Crippen LogP contribution in [0.2, 0.25) is 5.02 Å². The minimum absolute atomic E-state index is 0.215. The Hall–Kier alpha value is -3.47. The van der Waals surface area contributed by atoms with Crippen molar-refractivity contribution in [3.63, 3.8) is 0 Å². The van der Waals surface area contributed by atoms with Gasteiger partial charge >= 0.3 is 5.97 Å². The Kier molecular flexibility index (Phi) is 7.64. The summed E-state index contributed by atoms with van der Waals surface area (Å²) in [4.78, 5) is 30.1. The zero-order valence-corrected chi connectivity index (χ0v) is 23.7. The number of fused-ring (bicyclic) bond motifs is 2. The van der Waals surface area contributed by atoms with E-state index in [1.807, 2.05) is 18.2 Å². The van der Waals surface area contributed by atoms with Crippen LogP contribution in [-0.4, -0.2) is 35.1 Å². The highest BCUT2D eigenvalue weighted by Crippen LogP contribution is 2.33. The molecule has 0 unspecified atom stereocenters. The quantitative estimate of drug-likeness (QED) is 0.141. The molecule has 5 rings (SSSR count). The fourth-order valence-electron chi connectivity index (χ4n) is 3.80. The van der Waals surface area contributed by atoms with Gasteiger partial charge in [0, 0.05) is 20.4 Å². The Morgan fingerprint density at radius 3 is 2.79 bits per heavy atom. The van der Waals surface area contributed by atoms with Crippen molar-refractivity contribution in [3.05, 3.63) is 90.5 Å². The fourth-order valence-corrected chi connectivity index (χ4v) is 5.12. The summed E-state index contributed by atoms with van der Waals surface area (Å²) in [6.45, 7) is 1.63. The third-order valence-electron chi connectivity index (χ3n) is 5.44. The van der Waals surface area contributed by atoms with E-state index >= 15 is 0 Å². The molecule has 0 radical (unpaired) electrons. The summed E-state index contributed by atoms with van der Waals surface area (Å²) in [5.74, 6) is 0.366. The number of furan rings is 1. The van der Waals surface area contributed by atoms with Gasteiger partial charge < -0.3 is 13.9 Å². The molecule has 2 aromatic heterocycles. The van der Waals surface area contributed by atoms with Crippen molar-refractivity contribution in [3.8, 4) is 17.3 Å². The van der Waals surface area contributed by atoms with E-state index in [9.17, 15) is 9.59 Å². The van der Waals surface area contributed by atoms with Crippen molar-refractivity contribution in [2.45, 2.75) is 6.92 Å². The van der Waals surface area contributed by atoms with Gasteiger partial charge in [-0.25, -0.2) is 9.78 Å². The van der Waals surface area contributed by atoms with Crippen molar-refractivity contribution in [2.24, 2.45) is 5.10 Å². The third-order valence-corrected chi connectivity index (χ3v) is 6.74. The Morgan fingerprint density at radius 1 is 1.16 bits per heavy atom. The zero-order chi connectivity index (χ0) is 26.8. The van der Waals surface area contributed by atoms with Gasteiger partial charge in [-0.1, -0.05) is 39.7 Å². The maximum Gasteiger partial charge on any atom is 0.344 e. The van der Waals surface area contributed by atoms with Crippen LogP contribution in [0.3, 0.4) is 0 Å². The lowest BCUT2D eigenvalue weighted by atomic mass is 10.2. The summed E-state index contributed by atoms with van der Waals surface area (Å²) in [7, 11) is 0. The monoisotopic (exact) mass is 657 g/mol. The molecular formula is C27H18Br2ClN3O5. The van der Waals surface area contributed by atoms with Crippen LogP contribution >= 0.6 is 43.5 Å². The molecule has 0 atom stereocenters. The number of para-hydroxylation sites is 1. The Labute approximate surface area is 238 Å². The molecule has 11 heteroatoms. The molecule has 0 spiro atoms. The van der Waals surface area contributed by atoms with Crippen molar-refractivity contribution in [1.29, 1.82) is 0 Å². The van der Waals surface area contributed by atoms with E-state index in [4.69, 9.17) is 25.5 Å². The topological polar surface area (TPSA) is 95.9 Å². The number of hydrogen-bond acceptors (Lipinski definition) is 7. The van der Waals surface area contributed by atoms with E-state index in [2.05, 4.69) is 41.9 Å². The molecule has 8 nitrogen and oxygen atoms in total. The molecule has 5 aromatic rings. The number of ether oxygens (including phenoxy) is 2. The lowest BCUT2D eigenvalue weighted by Gasteiger charge is -2.12. The van der Waals surface area contributed by atoms with Crippen LogP contribution in [0.25, 0.3) is 33.5 Å². The smallest absolute Gasteiger partial charge is 0.344 e. The highest BCUT2D eigenvalue weighted by Gasteiger charge is 2.18. The first-order valence-corrected chi connectivity index (χ1v) is 13.3. The van der Waals surface area contributed by atoms with E-state index in [0.29, 0.717) is 43.1 Å². The van der Waals surface area contributed by atoms with Gasteiger partial charge in [0.05, 0.1) is 28.2 Å². The molecule has 38 heavy (non-hydrogen) atoms. The molecule has 0 fully saturated rings. The third kappa shape index (κ3) is 5.38. The van der Waals surface area contributed by atoms with Gasteiger partial charge in [-0.05, 0) is 71.4 Å². The van der Waals surface area contributed by atoms with Crippen molar-refractivity contribution >= 4 is 77.5 Å². The molecule has 0 amide bonds. The second-order valence-electron chi connectivity index (χ2n) is 8.01. The summed E-state index contributed by atoms with van der Waals surface area (Å²) >= 11 is 13.2. The number of halogens is 3. The zero-order valence-electron chi connectivity index (χ0n) is 19.8. The van der Waals surface area contributed by atoms with Gasteiger partial charge in [-0.15, -0.1) is 0 Å². The molecule has 0 saturated carbocycles. The first-order valence-electron chi connectivity index (χ1n) is 11.4. The number of esters is 1. The van der Waals surface area contributed by atoms with Crippen molar-refractivity contribution in [2.75, 3.05) is 13.2 Å². The number of carbonyl (C=O) groups is 1. The van der Waals surface area contributed by atoms with E-state index in [-0.39, 0.29) is 19.0 Å². The number of carbonyl (C=O) groups excluding carboxylic acids is 1. The lowest BCUT2D eigenvalue weighted by molar-refractivity contribution is -0.145. The maximum atomic E-state index is 13.6. The normalized spacial score (nSPS) is 11.5. The highest BCUT2D eigenvalue weighted by atomic mass is 79.9. The van der Waals surface area contributed by atoms with E-state index in [1.54, 1.807) is 49.4 Å². The van der Waals surface area contributed by atoms with E-state index in [0.717, 1.165) is 9.86 Å². The van der Waals surface area contributed by atoms with Crippen LogP contribution in [-0.2, 0) is 9.53 Å². The van der Waals surface area contributed by atoms with Gasteiger partial charge in [0.2, 0.25) is 5.82 Å². The van der Waals surface area contributed by atoms with Gasteiger partial charge in [-0.3, -0.25) is 4.79 Å². The first-order chi connectivity index (χ1) is 18.3. The van der Waals surface area contributed by atoms with Crippen molar-refractivity contribution in [1.82, 2.24) is 9.66 Å². The highest BCUT2D eigenvalue weighted by molar-refractivity contribution is 9.10. The maximum absolute atomic E-state index is 13.6. The minimum atomic E-state index is -0.522. The summed E-state index contributed by atoms with van der Waals surface area (Å²) in [6.07, 6.45) is 1.41. The van der Waals surface area contributed by atoms with E-state index in [1.165, 1.54) is 10.9 Å². The average molecular weight is 660 g/mol. The minimum Gasteiger partial charge on any atom is -0.480 e. The summed E-state index contributed by atoms with van der Waals surface area (Å²) in [5.41, 5.74) is 1.17. The van der Waals surface area contributed by atoms with Gasteiger partial charge in [0.1, 0.15) is 11.3 Å². The van der Waals surface area contributed by atoms with Crippen LogP contribution in [0.1, 0.15) is 12.5 Å². The molecule has 0 aliphatic carbocycles. The lowest BCUT2D eigenvalue weighted by Crippen LogP contribution is -2.20. The number of aromatic nitrogens is 2. The Bertz CT molecular complexity index is 1780. The largest absolute Gasteiger partial charge is 0.480 e. The van der Waals surface area contributed by atoms with E-state index < -0.39 is 11.5 Å². The molecule has 0 aliphatic rings. The molecule has 2 heterocycles. The molecule has 192 valence electrons. The molecule has 3 aromatic carbocycles. The number of hydrogen-bond donors (Lipinski definition) is 0. The Morgan fingerprint density at radius 2 is 1.97 bits per heavy atom. The molecular weight excluding hydrogens is 642 g/mol. The first kappa shape index (κ1) is 26.1. The standard InChI is InChI=1S/C27H18Br2ClN3O5/c1-2-36-24(34)14-37-25-16(10-18(30)12-20(25)29)13-31-33-26(32-21-6-4-3-5-19(21)27(33)35)23-11-15-9-17(28)7-8-22(15)38-23/h3-13H,2,14H2,1H3. The molecule has 0 N–H and O–H groups in total. The summed E-state index contributed by atoms with van der Waals surface area (Å²) in [6, 6.07) is 17.6. The summed E-state index contributed by atoms with van der Waals surface area (Å²) < 4.78 is 19.2. The molecule has 0 bridgehead atoms. The van der Waals surface area contributed by atoms with Crippen LogP contribution in [0, 0.1) is 0 Å². The molecule has 0 aliphatic heterocycles. The van der Waals surface area contributed by atoms with Crippen LogP contribution in [0.4, 0.5) is 0 Å². The van der Waals surface area contributed by atoms with Gasteiger partial charge in [0.15, 0.2) is 12.4 Å². The second-order valence-corrected chi connectivity index (χ2v) is 10.2. The average Bonchev–Trinajstić information content (AvgIpc) is 3.30. The van der Waals surface area contributed by atoms with Crippen molar-refractivity contribution < 1.29 is 18.7 Å². The summed E-state index contributed by atoms with van der Waals surface area (Å²) in [5, 5.41) is 6.09. The fraction of sp³-hybridized carbons (Fsp3) is 0.111. The second kappa shape index (κ2) is 11.1.